The Balaban J connectivity index is 0.000000165. The fourth-order valence-corrected chi connectivity index (χ4v) is 11.1. The van der Waals surface area contributed by atoms with Crippen LogP contribution >= 0.6 is 0 Å². The van der Waals surface area contributed by atoms with E-state index in [4.69, 9.17) is 0 Å². The molecule has 6 aromatic carbocycles. The molecule has 0 bridgehead atoms. The van der Waals surface area contributed by atoms with E-state index in [-0.39, 0.29) is 54.7 Å². The molecule has 0 amide bonds. The molecule has 0 aliphatic carbocycles. The van der Waals surface area contributed by atoms with E-state index >= 15 is 0 Å². The minimum absolute atomic E-state index is 0. The van der Waals surface area contributed by atoms with Crippen LogP contribution in [0.5, 0.6) is 0 Å². The molecule has 0 saturated carbocycles. The second-order valence-electron chi connectivity index (χ2n) is 21.7. The third kappa shape index (κ3) is 16.7. The van der Waals surface area contributed by atoms with Gasteiger partial charge in [-0.3, -0.25) is 44.3 Å². The van der Waals surface area contributed by atoms with E-state index in [0.717, 1.165) is 66.8 Å². The Labute approximate surface area is 560 Å². The molecule has 13 heteroatoms. The number of hydrogen-bond donors (Lipinski definition) is 3. The Kier molecular flexibility index (Phi) is 23.5. The van der Waals surface area contributed by atoms with Crippen LogP contribution in [0, 0.1) is 0 Å². The quantitative estimate of drug-likeness (QED) is 0.0545. The van der Waals surface area contributed by atoms with E-state index in [0.29, 0.717) is 34.2 Å². The minimum Gasteiger partial charge on any atom is -0.512 e. The van der Waals surface area contributed by atoms with E-state index in [1.54, 1.807) is 37.2 Å². The summed E-state index contributed by atoms with van der Waals surface area (Å²) in [6, 6.07) is 82.0. The van der Waals surface area contributed by atoms with Gasteiger partial charge >= 0.3 is 0 Å². The van der Waals surface area contributed by atoms with Crippen LogP contribution in [0.15, 0.2) is 327 Å². The molecule has 94 heavy (non-hydrogen) atoms. The number of aromatic nitrogens is 6. The van der Waals surface area contributed by atoms with Crippen molar-refractivity contribution in [3.63, 3.8) is 0 Å². The van der Waals surface area contributed by atoms with Crippen LogP contribution < -0.4 is 0 Å². The maximum absolute atomic E-state index is 13.4. The van der Waals surface area contributed by atoms with Gasteiger partial charge in [0.2, 0.25) is 0 Å². The second kappa shape index (κ2) is 33.0. The monoisotopic (exact) mass is 1410 g/mol. The van der Waals surface area contributed by atoms with Crippen molar-refractivity contribution in [3.8, 4) is 66.8 Å². The van der Waals surface area contributed by atoms with Gasteiger partial charge in [-0.15, -0.1) is 0 Å². The van der Waals surface area contributed by atoms with Crippen molar-refractivity contribution in [2.45, 2.75) is 38.5 Å². The van der Waals surface area contributed by atoms with Crippen LogP contribution in [-0.2, 0) is 34.5 Å². The third-order valence-corrected chi connectivity index (χ3v) is 15.1. The SMILES string of the molecule is C/C(O)=C/C(=O)C(c1ncccc1-c1ccccc1)c1ncccc1-c1ccccc1.C/C(O)=C/C(=O)C(c1ncccc1-c1ccccc1)c1ncccc1-c1ccccc1.C/C(O)=C/C(=O)C(c1ncccc1-c1ccccc1)c1ncccc1-c1ccccc1.[Ir]. The summed E-state index contributed by atoms with van der Waals surface area (Å²) in [6.45, 7) is 4.46. The smallest absolute Gasteiger partial charge is 0.174 e. The Bertz CT molecular complexity index is 3870. The fourth-order valence-electron chi connectivity index (χ4n) is 11.1. The predicted octanol–water partition coefficient (Wildman–Crippen LogP) is 17.9. The standard InChI is InChI=1S/3C27H22N2O2.Ir/c3*1-19(30)18-24(31)25(26-22(14-8-16-28-26)20-10-4-2-5-11-20)27-23(15-9-17-29-27)21-12-6-3-7-13-21;/h3*2-18,25,30H,1H3;/b3*19-18-;. The number of pyridine rings is 6. The Morgan fingerprint density at radius 2 is 0.404 bits per heavy atom. The van der Waals surface area contributed by atoms with Crippen LogP contribution in [0.1, 0.15) is 72.7 Å². The Morgan fingerprint density at radius 3 is 0.543 bits per heavy atom. The predicted molar refractivity (Wildman–Crippen MR) is 368 cm³/mol. The van der Waals surface area contributed by atoms with E-state index in [1.807, 2.05) is 255 Å². The van der Waals surface area contributed by atoms with Crippen molar-refractivity contribution in [3.05, 3.63) is 362 Å². The molecule has 0 atom stereocenters. The third-order valence-electron chi connectivity index (χ3n) is 15.1. The molecule has 0 unspecified atom stereocenters. The number of rotatable bonds is 18. The maximum Gasteiger partial charge on any atom is 0.174 e. The summed E-state index contributed by atoms with van der Waals surface area (Å²) in [6.07, 6.45) is 13.8. The topological polar surface area (TPSA) is 189 Å². The fraction of sp³-hybridized carbons (Fsp3) is 0.0741. The zero-order chi connectivity index (χ0) is 64.9. The van der Waals surface area contributed by atoms with Crippen LogP contribution in [0.3, 0.4) is 0 Å². The number of ketones is 3. The molecular formula is C81H66IrN6O6. The summed E-state index contributed by atoms with van der Waals surface area (Å²) in [5, 5.41) is 29.5. The number of aliphatic hydroxyl groups excluding tert-OH is 3. The van der Waals surface area contributed by atoms with Gasteiger partial charge in [0.05, 0.1) is 51.4 Å². The number of hydrogen-bond acceptors (Lipinski definition) is 12. The van der Waals surface area contributed by atoms with Gasteiger partial charge < -0.3 is 15.3 Å². The molecule has 0 spiro atoms. The molecular weight excluding hydrogens is 1350 g/mol. The molecule has 6 heterocycles. The molecule has 465 valence electrons. The van der Waals surface area contributed by atoms with Crippen molar-refractivity contribution >= 4 is 17.3 Å². The van der Waals surface area contributed by atoms with Gasteiger partial charge in [0, 0.05) is 109 Å². The van der Waals surface area contributed by atoms with E-state index in [1.165, 1.54) is 39.0 Å². The summed E-state index contributed by atoms with van der Waals surface area (Å²) in [5.41, 5.74) is 14.5. The number of carbonyl (C=O) groups is 3. The minimum atomic E-state index is -0.769. The number of carbonyl (C=O) groups excluding carboxylic acids is 3. The number of benzene rings is 6. The summed E-state index contributed by atoms with van der Waals surface area (Å²) in [7, 11) is 0. The van der Waals surface area contributed by atoms with Crippen molar-refractivity contribution in [1.29, 1.82) is 0 Å². The number of allylic oxidation sites excluding steroid dienone is 6. The molecule has 6 aromatic heterocycles. The molecule has 12 nitrogen and oxygen atoms in total. The summed E-state index contributed by atoms with van der Waals surface area (Å²) >= 11 is 0. The van der Waals surface area contributed by atoms with Crippen molar-refractivity contribution in [2.24, 2.45) is 0 Å². The summed E-state index contributed by atoms with van der Waals surface area (Å²) < 4.78 is 0. The molecule has 12 rings (SSSR count). The molecule has 0 aliphatic heterocycles. The van der Waals surface area contributed by atoms with Gasteiger partial charge in [0.15, 0.2) is 17.3 Å². The normalized spacial score (nSPS) is 11.4. The van der Waals surface area contributed by atoms with Gasteiger partial charge in [0.1, 0.15) is 17.8 Å². The first-order valence-corrected chi connectivity index (χ1v) is 30.2. The van der Waals surface area contributed by atoms with Crippen molar-refractivity contribution in [1.82, 2.24) is 29.9 Å². The largest absolute Gasteiger partial charge is 0.512 e. The average molecular weight is 1410 g/mol. The van der Waals surface area contributed by atoms with E-state index < -0.39 is 17.8 Å². The van der Waals surface area contributed by atoms with Gasteiger partial charge in [-0.2, -0.15) is 0 Å². The van der Waals surface area contributed by atoms with Gasteiger partial charge in [-0.25, -0.2) is 0 Å². The van der Waals surface area contributed by atoms with Crippen LogP contribution in [0.2, 0.25) is 0 Å². The van der Waals surface area contributed by atoms with Gasteiger partial charge in [-0.1, -0.05) is 218 Å². The molecule has 0 fully saturated rings. The number of nitrogens with zero attached hydrogens (tertiary/aromatic N) is 6. The first-order chi connectivity index (χ1) is 45.4. The van der Waals surface area contributed by atoms with Crippen molar-refractivity contribution in [2.75, 3.05) is 0 Å². The molecule has 1 radical (unpaired) electrons. The van der Waals surface area contributed by atoms with E-state index in [2.05, 4.69) is 29.9 Å². The Morgan fingerprint density at radius 1 is 0.255 bits per heavy atom. The molecule has 0 aliphatic rings. The summed E-state index contributed by atoms with van der Waals surface area (Å²) in [4.78, 5) is 68.0. The average Bonchev–Trinajstić information content (AvgIpc) is 0.818. The van der Waals surface area contributed by atoms with Crippen LogP contribution in [0.4, 0.5) is 0 Å². The van der Waals surface area contributed by atoms with Crippen LogP contribution in [0.25, 0.3) is 66.8 Å². The zero-order valence-electron chi connectivity index (χ0n) is 51.8. The van der Waals surface area contributed by atoms with E-state index in [9.17, 15) is 29.7 Å². The zero-order valence-corrected chi connectivity index (χ0v) is 54.2. The number of aliphatic hydroxyl groups is 3. The first kappa shape index (κ1) is 66.9. The van der Waals surface area contributed by atoms with Gasteiger partial charge in [-0.05, 0) is 90.6 Å². The van der Waals surface area contributed by atoms with Crippen LogP contribution in [-0.4, -0.2) is 62.6 Å². The van der Waals surface area contributed by atoms with Gasteiger partial charge in [0.25, 0.3) is 0 Å². The Hall–Kier alpha value is -11.5. The molecule has 3 N–H and O–H groups in total. The molecule has 0 saturated heterocycles. The maximum atomic E-state index is 13.4. The molecule has 12 aromatic rings. The summed E-state index contributed by atoms with van der Waals surface area (Å²) in [5.74, 6) is -3.27. The second-order valence-corrected chi connectivity index (χ2v) is 21.7. The van der Waals surface area contributed by atoms with Crippen molar-refractivity contribution < 1.29 is 49.8 Å². The first-order valence-electron chi connectivity index (χ1n) is 30.2.